The van der Waals surface area contributed by atoms with E-state index in [2.05, 4.69) is 15.4 Å². The Kier molecular flexibility index (Phi) is 6.64. The number of carbonyl (C=O) groups excluding carboxylic acids is 1. The molecule has 2 aromatic carbocycles. The summed E-state index contributed by atoms with van der Waals surface area (Å²) in [7, 11) is -2.22. The van der Waals surface area contributed by atoms with Gasteiger partial charge in [0.15, 0.2) is 0 Å². The van der Waals surface area contributed by atoms with Crippen LogP contribution in [0.1, 0.15) is 22.7 Å². The molecule has 1 aliphatic heterocycles. The molecule has 3 rings (SSSR count). The second kappa shape index (κ2) is 8.87. The summed E-state index contributed by atoms with van der Waals surface area (Å²) in [5, 5.41) is 5.76. The van der Waals surface area contributed by atoms with Crippen LogP contribution in [0.2, 0.25) is 19.6 Å². The first-order chi connectivity index (χ1) is 14.1. The third-order valence-corrected chi connectivity index (χ3v) is 6.94. The van der Waals surface area contributed by atoms with Gasteiger partial charge in [0.1, 0.15) is 17.7 Å². The highest BCUT2D eigenvalue weighted by atomic mass is 28.3. The van der Waals surface area contributed by atoms with Crippen molar-refractivity contribution < 1.29 is 27.1 Å². The van der Waals surface area contributed by atoms with Gasteiger partial charge in [0, 0.05) is 17.4 Å². The number of nitrogens with one attached hydrogen (secondary N) is 2. The smallest absolute Gasteiger partial charge is 0.324 e. The van der Waals surface area contributed by atoms with Crippen molar-refractivity contribution in [3.05, 3.63) is 58.7 Å². The van der Waals surface area contributed by atoms with Crippen molar-refractivity contribution in [1.82, 2.24) is 5.32 Å². The number of ether oxygens (including phenoxy) is 1. The highest BCUT2D eigenvalue weighted by Gasteiger charge is 2.29. The number of amides is 1. The molecule has 4 nitrogen and oxygen atoms in total. The fourth-order valence-electron chi connectivity index (χ4n) is 3.68. The van der Waals surface area contributed by atoms with Gasteiger partial charge >= 0.3 is 6.61 Å². The number of carbonyl (C=O) groups is 1. The fourth-order valence-corrected chi connectivity index (χ4v) is 5.25. The van der Waals surface area contributed by atoms with Crippen molar-refractivity contribution in [2.75, 3.05) is 11.9 Å². The van der Waals surface area contributed by atoms with Crippen molar-refractivity contribution in [2.24, 2.45) is 0 Å². The van der Waals surface area contributed by atoms with Crippen LogP contribution in [-0.4, -0.2) is 27.1 Å². The van der Waals surface area contributed by atoms with Gasteiger partial charge in [-0.2, -0.15) is 8.78 Å². The van der Waals surface area contributed by atoms with Gasteiger partial charge in [-0.05, 0) is 35.2 Å². The van der Waals surface area contributed by atoms with Crippen LogP contribution in [0.5, 0.6) is 0 Å². The van der Waals surface area contributed by atoms with Crippen LogP contribution in [0.4, 0.5) is 23.2 Å². The molecule has 0 spiro atoms. The van der Waals surface area contributed by atoms with Gasteiger partial charge in [-0.3, -0.25) is 4.79 Å². The van der Waals surface area contributed by atoms with E-state index in [0.29, 0.717) is 24.1 Å². The molecular weight excluding hydrogens is 416 g/mol. The van der Waals surface area contributed by atoms with Crippen molar-refractivity contribution in [3.8, 4) is 0 Å². The summed E-state index contributed by atoms with van der Waals surface area (Å²) in [6, 6.07) is 6.61. The van der Waals surface area contributed by atoms with E-state index in [1.807, 2.05) is 19.6 Å². The van der Waals surface area contributed by atoms with E-state index >= 15 is 0 Å². The number of anilines is 1. The summed E-state index contributed by atoms with van der Waals surface area (Å²) in [4.78, 5) is 12.8. The lowest BCUT2D eigenvalue weighted by Crippen LogP contribution is -2.42. The molecule has 0 bridgehead atoms. The lowest BCUT2D eigenvalue weighted by molar-refractivity contribution is -0.137. The lowest BCUT2D eigenvalue weighted by atomic mass is 9.92. The summed E-state index contributed by atoms with van der Waals surface area (Å²) in [6.07, 6.45) is 0.621. The molecule has 1 atom stereocenters. The summed E-state index contributed by atoms with van der Waals surface area (Å²) in [5.41, 5.74) is 2.17. The number of benzene rings is 2. The van der Waals surface area contributed by atoms with E-state index in [1.54, 1.807) is 18.2 Å². The maximum absolute atomic E-state index is 14.5. The molecule has 9 heteroatoms. The third-order valence-electron chi connectivity index (χ3n) is 4.96. The molecule has 1 heterocycles. The molecule has 0 aromatic heterocycles. The van der Waals surface area contributed by atoms with E-state index in [-0.39, 0.29) is 17.5 Å². The van der Waals surface area contributed by atoms with Gasteiger partial charge in [0.25, 0.3) is 0 Å². The standard InChI is InChI=1S/C21H24F4N2O2Si/c1-30(2,3)19-16(22)9-14(10-17(19)23)27-20(28)18-15-5-4-12(11-29-21(24)25)8-13(15)6-7-26-18/h4-5,8-10,18,21,26H,6-7,11H2,1-3H3,(H,27,28)/t18-/m1/s1. The predicted octanol–water partition coefficient (Wildman–Crippen LogP) is 4.07. The quantitative estimate of drug-likeness (QED) is 0.526. The highest BCUT2D eigenvalue weighted by molar-refractivity contribution is 6.88. The number of rotatable bonds is 6. The first kappa shape index (κ1) is 22.5. The van der Waals surface area contributed by atoms with Crippen LogP contribution in [0.25, 0.3) is 0 Å². The zero-order chi connectivity index (χ0) is 22.1. The van der Waals surface area contributed by atoms with Crippen molar-refractivity contribution >= 4 is 24.9 Å². The van der Waals surface area contributed by atoms with Crippen LogP contribution in [0, 0.1) is 11.6 Å². The molecule has 0 saturated heterocycles. The Balaban J connectivity index is 1.79. The Hall–Kier alpha value is -2.23. The zero-order valence-electron chi connectivity index (χ0n) is 17.0. The second-order valence-corrected chi connectivity index (χ2v) is 13.3. The molecule has 0 unspecified atom stereocenters. The normalized spacial score (nSPS) is 16.5. The fraction of sp³-hybridized carbons (Fsp3) is 0.381. The van der Waals surface area contributed by atoms with Crippen LogP contribution in [0.15, 0.2) is 30.3 Å². The number of hydrogen-bond donors (Lipinski definition) is 2. The van der Waals surface area contributed by atoms with Gasteiger partial charge in [-0.25, -0.2) is 8.78 Å². The van der Waals surface area contributed by atoms with Crippen molar-refractivity contribution in [2.45, 2.75) is 45.3 Å². The summed E-state index contributed by atoms with van der Waals surface area (Å²) in [6.45, 7) is 2.95. The maximum atomic E-state index is 14.5. The molecule has 0 saturated carbocycles. The number of hydrogen-bond acceptors (Lipinski definition) is 3. The SMILES string of the molecule is C[Si](C)(C)c1c(F)cc(NC(=O)[C@@H]2NCCc3cc(COC(F)F)ccc32)cc1F. The molecular formula is C21H24F4N2O2Si. The Morgan fingerprint density at radius 2 is 1.87 bits per heavy atom. The average molecular weight is 441 g/mol. The van der Waals surface area contributed by atoms with Gasteiger partial charge in [-0.1, -0.05) is 37.8 Å². The number of alkyl halides is 2. The maximum Gasteiger partial charge on any atom is 0.345 e. The Labute approximate surface area is 173 Å². The minimum atomic E-state index is -2.85. The molecule has 0 fully saturated rings. The van der Waals surface area contributed by atoms with Crippen LogP contribution in [0.3, 0.4) is 0 Å². The predicted molar refractivity (Wildman–Crippen MR) is 110 cm³/mol. The monoisotopic (exact) mass is 440 g/mol. The minimum Gasteiger partial charge on any atom is -0.324 e. The van der Waals surface area contributed by atoms with Gasteiger partial charge < -0.3 is 15.4 Å². The summed E-state index contributed by atoms with van der Waals surface area (Å²) >= 11 is 0. The van der Waals surface area contributed by atoms with Gasteiger partial charge in [-0.15, -0.1) is 0 Å². The zero-order valence-corrected chi connectivity index (χ0v) is 18.0. The van der Waals surface area contributed by atoms with E-state index in [9.17, 15) is 22.4 Å². The minimum absolute atomic E-state index is 0.0490. The molecule has 0 aliphatic carbocycles. The van der Waals surface area contributed by atoms with Gasteiger partial charge in [0.2, 0.25) is 5.91 Å². The number of halogens is 4. The van der Waals surface area contributed by atoms with E-state index in [0.717, 1.165) is 17.7 Å². The molecule has 162 valence electrons. The first-order valence-electron chi connectivity index (χ1n) is 9.61. The summed E-state index contributed by atoms with van der Waals surface area (Å²) in [5.74, 6) is -1.78. The molecule has 0 radical (unpaired) electrons. The summed E-state index contributed by atoms with van der Waals surface area (Å²) < 4.78 is 57.8. The van der Waals surface area contributed by atoms with Crippen LogP contribution in [-0.2, 0) is 22.6 Å². The topological polar surface area (TPSA) is 50.4 Å². The Bertz CT molecular complexity index is 924. The van der Waals surface area contributed by atoms with Gasteiger partial charge in [0.05, 0.1) is 14.7 Å². The number of fused-ring (bicyclic) bond motifs is 1. The van der Waals surface area contributed by atoms with Crippen LogP contribution >= 0.6 is 0 Å². The Morgan fingerprint density at radius 3 is 2.47 bits per heavy atom. The first-order valence-corrected chi connectivity index (χ1v) is 13.1. The molecule has 30 heavy (non-hydrogen) atoms. The lowest BCUT2D eigenvalue weighted by Gasteiger charge is -2.27. The molecule has 2 N–H and O–H groups in total. The Morgan fingerprint density at radius 1 is 1.20 bits per heavy atom. The average Bonchev–Trinajstić information content (AvgIpc) is 2.63. The van der Waals surface area contributed by atoms with E-state index in [1.165, 1.54) is 0 Å². The molecule has 1 amide bonds. The van der Waals surface area contributed by atoms with Crippen molar-refractivity contribution in [3.63, 3.8) is 0 Å². The van der Waals surface area contributed by atoms with E-state index in [4.69, 9.17) is 0 Å². The second-order valence-electron chi connectivity index (χ2n) is 8.30. The van der Waals surface area contributed by atoms with Crippen molar-refractivity contribution in [1.29, 1.82) is 0 Å². The largest absolute Gasteiger partial charge is 0.345 e. The highest BCUT2D eigenvalue weighted by Crippen LogP contribution is 2.26. The molecule has 1 aliphatic rings. The van der Waals surface area contributed by atoms with E-state index < -0.39 is 38.3 Å². The third kappa shape index (κ3) is 5.08. The van der Waals surface area contributed by atoms with Crippen LogP contribution < -0.4 is 15.8 Å². The molecule has 2 aromatic rings.